The van der Waals surface area contributed by atoms with Gasteiger partial charge in [-0.3, -0.25) is 14.9 Å². The zero-order chi connectivity index (χ0) is 13.7. The van der Waals surface area contributed by atoms with Crippen molar-refractivity contribution < 1.29 is 24.4 Å². The standard InChI is InChI=1S/C11H11NO6/c1-7(13)18-10(12(16)17)6-8-4-2-3-5-9(8)11(14)15/h2-5,10H,6H2,1H3,(H,14,15). The van der Waals surface area contributed by atoms with Crippen molar-refractivity contribution in [3.8, 4) is 0 Å². The number of esters is 1. The summed E-state index contributed by atoms with van der Waals surface area (Å²) in [5.74, 6) is -1.97. The average Bonchev–Trinajstić information content (AvgIpc) is 2.27. The predicted molar refractivity (Wildman–Crippen MR) is 59.7 cm³/mol. The smallest absolute Gasteiger partial charge is 0.359 e. The van der Waals surface area contributed by atoms with Crippen molar-refractivity contribution in [2.24, 2.45) is 0 Å². The SMILES string of the molecule is CC(=O)OC(Cc1ccccc1C(=O)O)[N+](=O)[O-]. The maximum atomic E-state index is 10.9. The summed E-state index contributed by atoms with van der Waals surface area (Å²) in [6.45, 7) is 1.06. The Balaban J connectivity index is 2.97. The molecule has 0 saturated heterocycles. The number of ether oxygens (including phenoxy) is 1. The molecule has 1 aromatic carbocycles. The van der Waals surface area contributed by atoms with Crippen LogP contribution in [0.5, 0.6) is 0 Å². The molecule has 7 heteroatoms. The van der Waals surface area contributed by atoms with Gasteiger partial charge in [0.2, 0.25) is 0 Å². The van der Waals surface area contributed by atoms with Gasteiger partial charge in [0.15, 0.2) is 0 Å². The Bertz CT molecular complexity index is 484. The van der Waals surface area contributed by atoms with Gasteiger partial charge in [-0.2, -0.15) is 0 Å². The zero-order valence-electron chi connectivity index (χ0n) is 9.53. The van der Waals surface area contributed by atoms with E-state index in [1.807, 2.05) is 0 Å². The minimum atomic E-state index is -1.58. The number of carboxylic acids is 1. The van der Waals surface area contributed by atoms with Gasteiger partial charge in [0.25, 0.3) is 0 Å². The zero-order valence-corrected chi connectivity index (χ0v) is 9.53. The number of carbonyl (C=O) groups is 2. The van der Waals surface area contributed by atoms with Crippen LogP contribution < -0.4 is 0 Å². The summed E-state index contributed by atoms with van der Waals surface area (Å²) in [5, 5.41) is 19.6. The molecule has 0 radical (unpaired) electrons. The van der Waals surface area contributed by atoms with Crippen molar-refractivity contribution in [1.82, 2.24) is 0 Å². The molecule has 1 atom stereocenters. The first-order valence-corrected chi connectivity index (χ1v) is 5.03. The fourth-order valence-corrected chi connectivity index (χ4v) is 1.45. The molecule has 96 valence electrons. The first kappa shape index (κ1) is 13.6. The van der Waals surface area contributed by atoms with Gasteiger partial charge in [0.1, 0.15) is 0 Å². The summed E-state index contributed by atoms with van der Waals surface area (Å²) in [7, 11) is 0. The van der Waals surface area contributed by atoms with Gasteiger partial charge in [0, 0.05) is 6.92 Å². The van der Waals surface area contributed by atoms with Gasteiger partial charge in [-0.1, -0.05) is 18.2 Å². The lowest BCUT2D eigenvalue weighted by molar-refractivity contribution is -0.567. The van der Waals surface area contributed by atoms with E-state index in [1.54, 1.807) is 6.07 Å². The van der Waals surface area contributed by atoms with Crippen LogP contribution in [0.4, 0.5) is 0 Å². The maximum Gasteiger partial charge on any atom is 0.359 e. The minimum Gasteiger partial charge on any atom is -0.478 e. The van der Waals surface area contributed by atoms with E-state index in [4.69, 9.17) is 5.11 Å². The molecule has 0 aromatic heterocycles. The van der Waals surface area contributed by atoms with Crippen LogP contribution in [-0.4, -0.2) is 28.2 Å². The second-order valence-corrected chi connectivity index (χ2v) is 3.52. The Hall–Kier alpha value is -2.44. The van der Waals surface area contributed by atoms with Gasteiger partial charge >= 0.3 is 18.2 Å². The summed E-state index contributed by atoms with van der Waals surface area (Å²) in [5.41, 5.74) is 0.199. The molecular formula is C11H11NO6. The highest BCUT2D eigenvalue weighted by molar-refractivity contribution is 5.89. The number of hydrogen-bond donors (Lipinski definition) is 1. The second kappa shape index (κ2) is 5.76. The van der Waals surface area contributed by atoms with E-state index in [1.165, 1.54) is 18.2 Å². The number of nitrogens with zero attached hydrogens (tertiary/aromatic N) is 1. The molecular weight excluding hydrogens is 242 g/mol. The van der Waals surface area contributed by atoms with Crippen LogP contribution >= 0.6 is 0 Å². The number of carboxylic acid groups (broad SMARTS) is 1. The Kier molecular flexibility index (Phi) is 4.36. The lowest BCUT2D eigenvalue weighted by Crippen LogP contribution is -2.28. The summed E-state index contributed by atoms with van der Waals surface area (Å²) in [4.78, 5) is 31.6. The molecule has 0 heterocycles. The topological polar surface area (TPSA) is 107 Å². The van der Waals surface area contributed by atoms with Crippen LogP contribution in [0, 0.1) is 10.1 Å². The van der Waals surface area contributed by atoms with E-state index in [0.29, 0.717) is 0 Å². The molecule has 1 N–H and O–H groups in total. The van der Waals surface area contributed by atoms with Crippen molar-refractivity contribution >= 4 is 11.9 Å². The average molecular weight is 253 g/mol. The number of hydrogen-bond acceptors (Lipinski definition) is 5. The second-order valence-electron chi connectivity index (χ2n) is 3.52. The number of carbonyl (C=O) groups excluding carboxylic acids is 1. The predicted octanol–water partition coefficient (Wildman–Crippen LogP) is 1.09. The van der Waals surface area contributed by atoms with Crippen molar-refractivity contribution in [2.75, 3.05) is 0 Å². The maximum absolute atomic E-state index is 10.9. The molecule has 0 aliphatic heterocycles. The summed E-state index contributed by atoms with van der Waals surface area (Å²) in [6, 6.07) is 5.86. The Labute approximate surface area is 102 Å². The molecule has 0 fully saturated rings. The normalized spacial score (nSPS) is 11.6. The third kappa shape index (κ3) is 3.55. The lowest BCUT2D eigenvalue weighted by Gasteiger charge is -2.10. The largest absolute Gasteiger partial charge is 0.478 e. The summed E-state index contributed by atoms with van der Waals surface area (Å²) in [6.07, 6.45) is -1.86. The summed E-state index contributed by atoms with van der Waals surface area (Å²) >= 11 is 0. The van der Waals surface area contributed by atoms with E-state index in [9.17, 15) is 19.7 Å². The fraction of sp³-hybridized carbons (Fsp3) is 0.273. The number of nitro groups is 1. The Morgan fingerprint density at radius 1 is 1.44 bits per heavy atom. The molecule has 1 rings (SSSR count). The van der Waals surface area contributed by atoms with E-state index in [-0.39, 0.29) is 17.5 Å². The molecule has 0 spiro atoms. The Morgan fingerprint density at radius 2 is 2.06 bits per heavy atom. The molecule has 1 aromatic rings. The van der Waals surface area contributed by atoms with E-state index in [2.05, 4.69) is 4.74 Å². The summed E-state index contributed by atoms with van der Waals surface area (Å²) < 4.78 is 4.52. The van der Waals surface area contributed by atoms with Gasteiger partial charge in [0.05, 0.1) is 16.9 Å². The van der Waals surface area contributed by atoms with Crippen molar-refractivity contribution in [3.05, 3.63) is 45.5 Å². The molecule has 0 aliphatic carbocycles. The fourth-order valence-electron chi connectivity index (χ4n) is 1.45. The van der Waals surface area contributed by atoms with Crippen LogP contribution in [0.25, 0.3) is 0 Å². The minimum absolute atomic E-state index is 0.0449. The van der Waals surface area contributed by atoms with Crippen LogP contribution in [0.1, 0.15) is 22.8 Å². The van der Waals surface area contributed by atoms with E-state index < -0.39 is 23.1 Å². The third-order valence-corrected chi connectivity index (χ3v) is 2.18. The van der Waals surface area contributed by atoms with Crippen molar-refractivity contribution in [2.45, 2.75) is 19.6 Å². The Morgan fingerprint density at radius 3 is 2.56 bits per heavy atom. The number of rotatable bonds is 5. The third-order valence-electron chi connectivity index (χ3n) is 2.18. The van der Waals surface area contributed by atoms with Gasteiger partial charge in [-0.15, -0.1) is 0 Å². The molecule has 7 nitrogen and oxygen atoms in total. The van der Waals surface area contributed by atoms with Crippen LogP contribution in [0.15, 0.2) is 24.3 Å². The highest BCUT2D eigenvalue weighted by Crippen LogP contribution is 2.13. The van der Waals surface area contributed by atoms with Gasteiger partial charge in [-0.05, 0) is 11.6 Å². The van der Waals surface area contributed by atoms with Crippen molar-refractivity contribution in [1.29, 1.82) is 0 Å². The first-order chi connectivity index (χ1) is 8.41. The highest BCUT2D eigenvalue weighted by atomic mass is 16.7. The first-order valence-electron chi connectivity index (χ1n) is 5.03. The van der Waals surface area contributed by atoms with Crippen LogP contribution in [0.2, 0.25) is 0 Å². The lowest BCUT2D eigenvalue weighted by atomic mass is 10.0. The number of benzene rings is 1. The molecule has 1 unspecified atom stereocenters. The van der Waals surface area contributed by atoms with Gasteiger partial charge in [-0.25, -0.2) is 4.79 Å². The van der Waals surface area contributed by atoms with Crippen molar-refractivity contribution in [3.63, 3.8) is 0 Å². The van der Waals surface area contributed by atoms with Gasteiger partial charge < -0.3 is 9.84 Å². The molecule has 0 amide bonds. The highest BCUT2D eigenvalue weighted by Gasteiger charge is 2.25. The number of aromatic carboxylic acids is 1. The molecule has 18 heavy (non-hydrogen) atoms. The van der Waals surface area contributed by atoms with E-state index in [0.717, 1.165) is 6.92 Å². The molecule has 0 bridgehead atoms. The molecule has 0 saturated carbocycles. The van der Waals surface area contributed by atoms with Crippen LogP contribution in [-0.2, 0) is 16.0 Å². The van der Waals surface area contributed by atoms with Crippen LogP contribution in [0.3, 0.4) is 0 Å². The molecule has 0 aliphatic rings. The quantitative estimate of drug-likeness (QED) is 0.364. The van der Waals surface area contributed by atoms with E-state index >= 15 is 0 Å². The monoisotopic (exact) mass is 253 g/mol.